The van der Waals surface area contributed by atoms with Crippen LogP contribution in [0.15, 0.2) is 6.07 Å². The van der Waals surface area contributed by atoms with Gasteiger partial charge < -0.3 is 5.32 Å². The molecule has 0 aliphatic heterocycles. The lowest BCUT2D eigenvalue weighted by Crippen LogP contribution is -2.57. The Labute approximate surface area is 182 Å². The van der Waals surface area contributed by atoms with E-state index in [1.807, 2.05) is 0 Å². The van der Waals surface area contributed by atoms with Gasteiger partial charge in [0, 0.05) is 17.3 Å². The lowest BCUT2D eigenvalue weighted by Gasteiger charge is -2.59. The fourth-order valence-corrected chi connectivity index (χ4v) is 7.47. The Bertz CT molecular complexity index is 979. The van der Waals surface area contributed by atoms with Gasteiger partial charge in [0.25, 0.3) is 6.43 Å². The summed E-state index contributed by atoms with van der Waals surface area (Å²) in [6.45, 7) is 5.56. The number of pyridine rings is 1. The molecular formula is C24H32F2N4O. The van der Waals surface area contributed by atoms with E-state index in [1.54, 1.807) is 13.8 Å². The predicted octanol–water partition coefficient (Wildman–Crippen LogP) is 5.10. The van der Waals surface area contributed by atoms with E-state index in [2.05, 4.69) is 22.3 Å². The SMILES string of the molecule is CCC(NC(=O)Cn1nc(C)c2c(C(F)F)cc(C)nc21)C12CC3CC(CC(C3)C1)C2. The largest absolute Gasteiger partial charge is 0.351 e. The summed E-state index contributed by atoms with van der Waals surface area (Å²) >= 11 is 0. The van der Waals surface area contributed by atoms with Crippen molar-refractivity contribution in [2.75, 3.05) is 0 Å². The van der Waals surface area contributed by atoms with Crippen LogP contribution in [0, 0.1) is 37.0 Å². The monoisotopic (exact) mass is 430 g/mol. The van der Waals surface area contributed by atoms with Gasteiger partial charge in [0.2, 0.25) is 5.91 Å². The van der Waals surface area contributed by atoms with Gasteiger partial charge in [0.05, 0.1) is 11.1 Å². The molecule has 0 radical (unpaired) electrons. The zero-order valence-electron chi connectivity index (χ0n) is 18.6. The van der Waals surface area contributed by atoms with E-state index in [0.29, 0.717) is 22.4 Å². The van der Waals surface area contributed by atoms with Crippen molar-refractivity contribution < 1.29 is 13.6 Å². The van der Waals surface area contributed by atoms with Gasteiger partial charge in [0.1, 0.15) is 6.54 Å². The average molecular weight is 431 g/mol. The van der Waals surface area contributed by atoms with Gasteiger partial charge in [-0.2, -0.15) is 5.10 Å². The van der Waals surface area contributed by atoms with Gasteiger partial charge in [0.15, 0.2) is 5.65 Å². The first-order valence-electron chi connectivity index (χ1n) is 11.7. The zero-order chi connectivity index (χ0) is 21.9. The fraction of sp³-hybridized carbons (Fsp3) is 0.708. The van der Waals surface area contributed by atoms with E-state index in [9.17, 15) is 13.6 Å². The van der Waals surface area contributed by atoms with E-state index in [4.69, 9.17) is 0 Å². The quantitative estimate of drug-likeness (QED) is 0.694. The first-order chi connectivity index (χ1) is 14.8. The molecule has 7 heteroatoms. The van der Waals surface area contributed by atoms with E-state index < -0.39 is 6.43 Å². The van der Waals surface area contributed by atoms with Crippen LogP contribution in [0.2, 0.25) is 0 Å². The molecule has 0 spiro atoms. The summed E-state index contributed by atoms with van der Waals surface area (Å²) in [5.74, 6) is 2.38. The molecule has 4 aliphatic rings. The van der Waals surface area contributed by atoms with Crippen LogP contribution in [0.3, 0.4) is 0 Å². The van der Waals surface area contributed by atoms with Crippen molar-refractivity contribution in [3.8, 4) is 0 Å². The van der Waals surface area contributed by atoms with Gasteiger partial charge in [-0.05, 0) is 88.0 Å². The molecule has 6 rings (SSSR count). The molecule has 0 aromatic carbocycles. The predicted molar refractivity (Wildman–Crippen MR) is 115 cm³/mol. The third-order valence-corrected chi connectivity index (χ3v) is 8.13. The highest BCUT2D eigenvalue weighted by Crippen LogP contribution is 2.61. The van der Waals surface area contributed by atoms with Crippen LogP contribution < -0.4 is 5.32 Å². The summed E-state index contributed by atoms with van der Waals surface area (Å²) in [5, 5.41) is 8.08. The molecule has 1 amide bonds. The number of carbonyl (C=O) groups excluding carboxylic acids is 1. The van der Waals surface area contributed by atoms with Gasteiger partial charge in [-0.1, -0.05) is 6.92 Å². The molecule has 2 heterocycles. The maximum atomic E-state index is 13.6. The van der Waals surface area contributed by atoms with Crippen molar-refractivity contribution in [2.24, 2.45) is 23.2 Å². The molecule has 1 atom stereocenters. The summed E-state index contributed by atoms with van der Waals surface area (Å²) in [6.07, 6.45) is 6.15. The van der Waals surface area contributed by atoms with Crippen molar-refractivity contribution in [1.82, 2.24) is 20.1 Å². The minimum atomic E-state index is -2.60. The molecule has 4 aliphatic carbocycles. The number of alkyl halides is 2. The first-order valence-corrected chi connectivity index (χ1v) is 11.7. The smallest absolute Gasteiger partial charge is 0.264 e. The Balaban J connectivity index is 1.38. The molecule has 1 unspecified atom stereocenters. The number of nitrogens with one attached hydrogen (secondary N) is 1. The third-order valence-electron chi connectivity index (χ3n) is 8.13. The molecule has 4 bridgehead atoms. The third kappa shape index (κ3) is 3.54. The van der Waals surface area contributed by atoms with Crippen LogP contribution in [-0.2, 0) is 11.3 Å². The van der Waals surface area contributed by atoms with Crippen molar-refractivity contribution in [1.29, 1.82) is 0 Å². The second-order valence-corrected chi connectivity index (χ2v) is 10.4. The molecule has 31 heavy (non-hydrogen) atoms. The topological polar surface area (TPSA) is 59.8 Å². The first kappa shape index (κ1) is 20.8. The highest BCUT2D eigenvalue weighted by atomic mass is 19.3. The maximum absolute atomic E-state index is 13.6. The maximum Gasteiger partial charge on any atom is 0.264 e. The van der Waals surface area contributed by atoms with Crippen molar-refractivity contribution >= 4 is 16.9 Å². The highest BCUT2D eigenvalue weighted by Gasteiger charge is 2.54. The standard InChI is InChI=1S/C24H32F2N4O/c1-4-19(24-9-15-6-16(10-24)8-17(7-15)11-24)28-20(31)12-30-23-21(14(3)29-30)18(22(25)26)5-13(2)27-23/h5,15-17,19,22H,4,6-12H2,1-3H3,(H,28,31). The van der Waals surface area contributed by atoms with Crippen molar-refractivity contribution in [3.05, 3.63) is 23.0 Å². The summed E-state index contributed by atoms with van der Waals surface area (Å²) in [4.78, 5) is 17.5. The molecule has 168 valence electrons. The molecule has 5 nitrogen and oxygen atoms in total. The molecule has 0 saturated heterocycles. The second kappa shape index (κ2) is 7.52. The zero-order valence-corrected chi connectivity index (χ0v) is 18.6. The highest BCUT2D eigenvalue weighted by molar-refractivity contribution is 5.84. The summed E-state index contributed by atoms with van der Waals surface area (Å²) in [6, 6.07) is 1.58. The van der Waals surface area contributed by atoms with E-state index >= 15 is 0 Å². The fourth-order valence-electron chi connectivity index (χ4n) is 7.47. The number of aromatic nitrogens is 3. The van der Waals surface area contributed by atoms with Crippen LogP contribution in [0.1, 0.15) is 75.2 Å². The molecule has 4 fully saturated rings. The number of fused-ring (bicyclic) bond motifs is 1. The molecule has 1 N–H and O–H groups in total. The van der Waals surface area contributed by atoms with E-state index in [0.717, 1.165) is 24.2 Å². The number of rotatable bonds is 6. The number of aryl methyl sites for hydroxylation is 2. The van der Waals surface area contributed by atoms with Gasteiger partial charge in [-0.15, -0.1) is 0 Å². The van der Waals surface area contributed by atoms with Crippen molar-refractivity contribution in [3.63, 3.8) is 0 Å². The number of halogens is 2. The normalized spacial score (nSPS) is 30.3. The van der Waals surface area contributed by atoms with Gasteiger partial charge >= 0.3 is 0 Å². The Hall–Kier alpha value is -2.05. The molecule has 2 aromatic heterocycles. The number of hydrogen-bond donors (Lipinski definition) is 1. The summed E-state index contributed by atoms with van der Waals surface area (Å²) in [7, 11) is 0. The van der Waals surface area contributed by atoms with Crippen molar-refractivity contribution in [2.45, 2.75) is 84.7 Å². The number of carbonyl (C=O) groups is 1. The summed E-state index contributed by atoms with van der Waals surface area (Å²) < 4.78 is 28.6. The summed E-state index contributed by atoms with van der Waals surface area (Å²) in [5.41, 5.74) is 1.53. The van der Waals surface area contributed by atoms with E-state index in [-0.39, 0.29) is 29.5 Å². The Morgan fingerprint density at radius 3 is 2.35 bits per heavy atom. The lowest BCUT2D eigenvalue weighted by atomic mass is 9.47. The van der Waals surface area contributed by atoms with Crippen LogP contribution in [0.5, 0.6) is 0 Å². The molecule has 2 aromatic rings. The Kier molecular flexibility index (Phi) is 5.05. The van der Waals surface area contributed by atoms with Crippen LogP contribution in [0.4, 0.5) is 8.78 Å². The Morgan fingerprint density at radius 2 is 1.81 bits per heavy atom. The lowest BCUT2D eigenvalue weighted by molar-refractivity contribution is -0.127. The van der Waals surface area contributed by atoms with Crippen LogP contribution in [0.25, 0.3) is 11.0 Å². The Morgan fingerprint density at radius 1 is 1.19 bits per heavy atom. The van der Waals surface area contributed by atoms with Crippen LogP contribution in [-0.4, -0.2) is 26.7 Å². The molecular weight excluding hydrogens is 398 g/mol. The number of hydrogen-bond acceptors (Lipinski definition) is 3. The average Bonchev–Trinajstić information content (AvgIpc) is 2.99. The number of amides is 1. The molecule has 4 saturated carbocycles. The second-order valence-electron chi connectivity index (χ2n) is 10.4. The minimum absolute atomic E-state index is 0.00629. The van der Waals surface area contributed by atoms with Gasteiger partial charge in [-0.3, -0.25) is 4.79 Å². The number of nitrogens with zero attached hydrogens (tertiary/aromatic N) is 3. The van der Waals surface area contributed by atoms with Crippen LogP contribution >= 0.6 is 0 Å². The van der Waals surface area contributed by atoms with E-state index in [1.165, 1.54) is 49.3 Å². The minimum Gasteiger partial charge on any atom is -0.351 e. The van der Waals surface area contributed by atoms with Gasteiger partial charge in [-0.25, -0.2) is 18.4 Å².